The van der Waals surface area contributed by atoms with Crippen molar-refractivity contribution in [3.8, 4) is 0 Å². The maximum absolute atomic E-state index is 12.7. The van der Waals surface area contributed by atoms with E-state index in [0.717, 1.165) is 28.0 Å². The van der Waals surface area contributed by atoms with Gasteiger partial charge in [0, 0.05) is 5.69 Å². The highest BCUT2D eigenvalue weighted by molar-refractivity contribution is 7.93. The minimum absolute atomic E-state index is 0.00593. The summed E-state index contributed by atoms with van der Waals surface area (Å²) in [4.78, 5) is 12.5. The largest absolute Gasteiger partial charge is 0.392 e. The number of rotatable bonds is 6. The van der Waals surface area contributed by atoms with Gasteiger partial charge in [0.2, 0.25) is 0 Å². The van der Waals surface area contributed by atoms with Crippen LogP contribution in [0.4, 0.5) is 11.6 Å². The molecule has 1 aromatic carbocycles. The summed E-state index contributed by atoms with van der Waals surface area (Å²) in [6.45, 7) is 5.11. The summed E-state index contributed by atoms with van der Waals surface area (Å²) in [5.41, 5.74) is 3.26. The molecule has 0 aliphatic rings. The van der Waals surface area contributed by atoms with Crippen molar-refractivity contribution in [2.24, 2.45) is 0 Å². The van der Waals surface area contributed by atoms with Gasteiger partial charge in [0.25, 0.3) is 21.8 Å². The standard InChI is InChI=1S/C18H18ClN3O5S2/c1-9-6-12(7-10(2)13(9)8-23)20-17(24)16-14(4-5-28-16)29(25,26)22-18-15(19)11(3)21-27-18/h4-7,22-23H,8H2,1-3H3,(H,20,24). The molecule has 2 aromatic heterocycles. The first-order chi connectivity index (χ1) is 13.6. The molecule has 0 radical (unpaired) electrons. The maximum atomic E-state index is 12.7. The SMILES string of the molecule is Cc1cc(NC(=O)c2sccc2S(=O)(=O)Nc2onc(C)c2Cl)cc(C)c1CO. The number of thiophene rings is 1. The molecule has 154 valence electrons. The van der Waals surface area contributed by atoms with Crippen molar-refractivity contribution in [1.29, 1.82) is 0 Å². The van der Waals surface area contributed by atoms with Crippen LogP contribution in [0, 0.1) is 20.8 Å². The highest BCUT2D eigenvalue weighted by Crippen LogP contribution is 2.30. The van der Waals surface area contributed by atoms with Gasteiger partial charge in [-0.15, -0.1) is 11.3 Å². The number of aliphatic hydroxyl groups is 1. The van der Waals surface area contributed by atoms with E-state index in [9.17, 15) is 18.3 Å². The number of aryl methyl sites for hydroxylation is 3. The second-order valence-corrected chi connectivity index (χ2v) is 9.28. The number of hydrogen-bond donors (Lipinski definition) is 3. The molecule has 11 heteroatoms. The van der Waals surface area contributed by atoms with Crippen molar-refractivity contribution in [3.63, 3.8) is 0 Å². The molecule has 0 aliphatic carbocycles. The normalized spacial score (nSPS) is 11.5. The molecule has 0 saturated heterocycles. The van der Waals surface area contributed by atoms with Crippen LogP contribution in [0.25, 0.3) is 0 Å². The van der Waals surface area contributed by atoms with Gasteiger partial charge in [-0.25, -0.2) is 13.1 Å². The zero-order chi connectivity index (χ0) is 21.3. The smallest absolute Gasteiger partial charge is 0.267 e. The summed E-state index contributed by atoms with van der Waals surface area (Å²) in [7, 11) is -4.13. The number of benzene rings is 1. The Balaban J connectivity index is 1.87. The molecule has 2 heterocycles. The molecule has 0 spiro atoms. The van der Waals surface area contributed by atoms with Gasteiger partial charge in [-0.3, -0.25) is 4.79 Å². The number of nitrogens with zero attached hydrogens (tertiary/aromatic N) is 1. The van der Waals surface area contributed by atoms with E-state index >= 15 is 0 Å². The Bertz CT molecular complexity index is 1160. The maximum Gasteiger partial charge on any atom is 0.267 e. The predicted octanol–water partition coefficient (Wildman–Crippen LogP) is 3.86. The molecule has 0 aliphatic heterocycles. The number of hydrogen-bond acceptors (Lipinski definition) is 7. The van der Waals surface area contributed by atoms with Crippen molar-refractivity contribution in [2.75, 3.05) is 10.0 Å². The Morgan fingerprint density at radius 2 is 1.93 bits per heavy atom. The van der Waals surface area contributed by atoms with E-state index in [4.69, 9.17) is 16.1 Å². The number of nitrogens with one attached hydrogen (secondary N) is 2. The van der Waals surface area contributed by atoms with Crippen LogP contribution in [0.1, 0.15) is 32.1 Å². The van der Waals surface area contributed by atoms with E-state index in [1.807, 2.05) is 13.8 Å². The van der Waals surface area contributed by atoms with Gasteiger partial charge in [0.1, 0.15) is 20.5 Å². The first-order valence-corrected chi connectivity index (χ1v) is 11.1. The third-order valence-electron chi connectivity index (χ3n) is 4.25. The van der Waals surface area contributed by atoms with E-state index < -0.39 is 15.9 Å². The van der Waals surface area contributed by atoms with Gasteiger partial charge >= 0.3 is 0 Å². The number of aromatic nitrogens is 1. The van der Waals surface area contributed by atoms with E-state index in [2.05, 4.69) is 15.2 Å². The zero-order valence-corrected chi connectivity index (χ0v) is 18.1. The van der Waals surface area contributed by atoms with E-state index in [-0.39, 0.29) is 27.3 Å². The molecule has 3 N–H and O–H groups in total. The van der Waals surface area contributed by atoms with Crippen LogP contribution in [0.2, 0.25) is 5.02 Å². The topological polar surface area (TPSA) is 122 Å². The van der Waals surface area contributed by atoms with E-state index in [0.29, 0.717) is 11.4 Å². The summed E-state index contributed by atoms with van der Waals surface area (Å²) in [5, 5.41) is 17.3. The first kappa shape index (κ1) is 21.3. The Kier molecular flexibility index (Phi) is 5.99. The average molecular weight is 456 g/mol. The fourth-order valence-electron chi connectivity index (χ4n) is 2.78. The zero-order valence-electron chi connectivity index (χ0n) is 15.7. The summed E-state index contributed by atoms with van der Waals surface area (Å²) in [6, 6.07) is 4.76. The molecule has 0 bridgehead atoms. The average Bonchev–Trinajstić information content (AvgIpc) is 3.25. The van der Waals surface area contributed by atoms with Gasteiger partial charge in [-0.1, -0.05) is 16.8 Å². The van der Waals surface area contributed by atoms with E-state index in [1.165, 1.54) is 11.4 Å². The van der Waals surface area contributed by atoms with Crippen LogP contribution in [-0.2, 0) is 16.6 Å². The third-order valence-corrected chi connectivity index (χ3v) is 7.12. The quantitative estimate of drug-likeness (QED) is 0.518. The summed E-state index contributed by atoms with van der Waals surface area (Å²) >= 11 is 6.95. The molecule has 8 nitrogen and oxygen atoms in total. The van der Waals surface area contributed by atoms with Crippen LogP contribution >= 0.6 is 22.9 Å². The summed E-state index contributed by atoms with van der Waals surface area (Å²) in [5.74, 6) is -0.789. The predicted molar refractivity (Wildman–Crippen MR) is 111 cm³/mol. The van der Waals surface area contributed by atoms with Gasteiger partial charge in [0.05, 0.1) is 6.61 Å². The minimum atomic E-state index is -4.13. The number of anilines is 2. The number of halogens is 1. The number of carbonyl (C=O) groups is 1. The molecule has 3 aromatic rings. The molecular formula is C18H18ClN3O5S2. The summed E-state index contributed by atoms with van der Waals surface area (Å²) < 4.78 is 32.6. The second kappa shape index (κ2) is 8.15. The lowest BCUT2D eigenvalue weighted by atomic mass is 10.0. The van der Waals surface area contributed by atoms with Crippen LogP contribution in [0.15, 0.2) is 33.0 Å². The third kappa shape index (κ3) is 4.30. The van der Waals surface area contributed by atoms with Crippen molar-refractivity contribution < 1.29 is 22.8 Å². The van der Waals surface area contributed by atoms with Crippen molar-refractivity contribution >= 4 is 50.4 Å². The Hall–Kier alpha value is -2.40. The van der Waals surface area contributed by atoms with Crippen LogP contribution < -0.4 is 10.0 Å². The Morgan fingerprint density at radius 3 is 2.48 bits per heavy atom. The minimum Gasteiger partial charge on any atom is -0.392 e. The number of carbonyl (C=O) groups excluding carboxylic acids is 1. The Morgan fingerprint density at radius 1 is 1.28 bits per heavy atom. The molecular weight excluding hydrogens is 438 g/mol. The molecule has 0 atom stereocenters. The highest BCUT2D eigenvalue weighted by Gasteiger charge is 2.27. The van der Waals surface area contributed by atoms with Crippen LogP contribution in [0.5, 0.6) is 0 Å². The highest BCUT2D eigenvalue weighted by atomic mass is 35.5. The van der Waals surface area contributed by atoms with Crippen LogP contribution in [-0.4, -0.2) is 24.6 Å². The number of aliphatic hydroxyl groups excluding tert-OH is 1. The van der Waals surface area contributed by atoms with Gasteiger partial charge in [-0.05, 0) is 61.0 Å². The van der Waals surface area contributed by atoms with Crippen molar-refractivity contribution in [2.45, 2.75) is 32.3 Å². The second-order valence-electron chi connectivity index (χ2n) is 6.33. The monoisotopic (exact) mass is 455 g/mol. The van der Waals surface area contributed by atoms with Gasteiger partial charge in [0.15, 0.2) is 0 Å². The molecule has 29 heavy (non-hydrogen) atoms. The van der Waals surface area contributed by atoms with E-state index in [1.54, 1.807) is 19.1 Å². The fraction of sp³-hybridized carbons (Fsp3) is 0.222. The molecule has 1 amide bonds. The lowest BCUT2D eigenvalue weighted by Crippen LogP contribution is -2.18. The number of sulfonamides is 1. The first-order valence-electron chi connectivity index (χ1n) is 8.38. The molecule has 0 unspecified atom stereocenters. The number of amides is 1. The lowest BCUT2D eigenvalue weighted by molar-refractivity contribution is 0.102. The lowest BCUT2D eigenvalue weighted by Gasteiger charge is -2.12. The molecule has 0 saturated carbocycles. The molecule has 3 rings (SSSR count). The summed E-state index contributed by atoms with van der Waals surface area (Å²) in [6.07, 6.45) is 0. The van der Waals surface area contributed by atoms with Gasteiger partial charge in [-0.2, -0.15) is 0 Å². The molecule has 0 fully saturated rings. The fourth-order valence-corrected chi connectivity index (χ4v) is 5.27. The van der Waals surface area contributed by atoms with Crippen molar-refractivity contribution in [3.05, 3.63) is 55.9 Å². The Labute approximate surface area is 176 Å². The van der Waals surface area contributed by atoms with Crippen LogP contribution in [0.3, 0.4) is 0 Å². The van der Waals surface area contributed by atoms with Crippen molar-refractivity contribution in [1.82, 2.24) is 5.16 Å². The van der Waals surface area contributed by atoms with Gasteiger partial charge < -0.3 is 14.9 Å².